The van der Waals surface area contributed by atoms with Gasteiger partial charge in [-0.2, -0.15) is 0 Å². The van der Waals surface area contributed by atoms with Crippen LogP contribution < -0.4 is 5.56 Å². The maximum Gasteiger partial charge on any atom is 0.258 e. The van der Waals surface area contributed by atoms with E-state index in [9.17, 15) is 13.6 Å². The molecule has 2 aromatic carbocycles. The van der Waals surface area contributed by atoms with E-state index in [2.05, 4.69) is 9.97 Å². The molecule has 3 rings (SSSR count). The van der Waals surface area contributed by atoms with Crippen molar-refractivity contribution in [3.8, 4) is 0 Å². The SMILES string of the molecule is O=c1[nH]c(CSc2ccc(F)c(F)c2)nc2ccc(Cl)cc12. The van der Waals surface area contributed by atoms with Gasteiger partial charge in [0.05, 0.1) is 16.7 Å². The summed E-state index contributed by atoms with van der Waals surface area (Å²) in [5, 5.41) is 0.873. The summed E-state index contributed by atoms with van der Waals surface area (Å²) in [4.78, 5) is 19.5. The van der Waals surface area contributed by atoms with Crippen molar-refractivity contribution < 1.29 is 8.78 Å². The van der Waals surface area contributed by atoms with Crippen LogP contribution in [0.15, 0.2) is 46.1 Å². The molecule has 0 spiro atoms. The highest BCUT2D eigenvalue weighted by molar-refractivity contribution is 7.98. The average Bonchev–Trinajstić information content (AvgIpc) is 2.49. The molecular weight excluding hydrogens is 330 g/mol. The van der Waals surface area contributed by atoms with Crippen molar-refractivity contribution in [3.05, 3.63) is 69.2 Å². The molecule has 0 bridgehead atoms. The zero-order valence-electron chi connectivity index (χ0n) is 11.1. The maximum absolute atomic E-state index is 13.1. The van der Waals surface area contributed by atoms with Gasteiger partial charge in [-0.1, -0.05) is 11.6 Å². The molecule has 3 nitrogen and oxygen atoms in total. The molecule has 0 amide bonds. The highest BCUT2D eigenvalue weighted by Crippen LogP contribution is 2.23. The van der Waals surface area contributed by atoms with E-state index in [-0.39, 0.29) is 5.56 Å². The van der Waals surface area contributed by atoms with Gasteiger partial charge in [0.25, 0.3) is 5.56 Å². The molecule has 0 radical (unpaired) electrons. The molecule has 0 aliphatic carbocycles. The van der Waals surface area contributed by atoms with Crippen LogP contribution in [0.4, 0.5) is 8.78 Å². The van der Waals surface area contributed by atoms with Crippen molar-refractivity contribution in [1.29, 1.82) is 0 Å². The van der Waals surface area contributed by atoms with Crippen LogP contribution in [0.1, 0.15) is 5.82 Å². The van der Waals surface area contributed by atoms with Gasteiger partial charge >= 0.3 is 0 Å². The first-order valence-electron chi connectivity index (χ1n) is 6.29. The number of H-pyrrole nitrogens is 1. The number of halogens is 3. The predicted octanol–water partition coefficient (Wildman–Crippen LogP) is 4.15. The Hall–Kier alpha value is -1.92. The molecule has 0 unspecified atom stereocenters. The normalized spacial score (nSPS) is 11.0. The second-order valence-electron chi connectivity index (χ2n) is 4.54. The quantitative estimate of drug-likeness (QED) is 0.730. The summed E-state index contributed by atoms with van der Waals surface area (Å²) in [6.45, 7) is 0. The fourth-order valence-electron chi connectivity index (χ4n) is 1.95. The summed E-state index contributed by atoms with van der Waals surface area (Å²) in [7, 11) is 0. The van der Waals surface area contributed by atoms with E-state index >= 15 is 0 Å². The number of aromatic amines is 1. The largest absolute Gasteiger partial charge is 0.309 e. The van der Waals surface area contributed by atoms with Crippen molar-refractivity contribution in [1.82, 2.24) is 9.97 Å². The van der Waals surface area contributed by atoms with E-state index in [1.165, 1.54) is 17.8 Å². The molecular formula is C15H9ClF2N2OS. The van der Waals surface area contributed by atoms with Gasteiger partial charge in [-0.3, -0.25) is 4.79 Å². The number of hydrogen-bond acceptors (Lipinski definition) is 3. The molecule has 0 aliphatic rings. The first-order valence-corrected chi connectivity index (χ1v) is 7.65. The molecule has 0 atom stereocenters. The predicted molar refractivity (Wildman–Crippen MR) is 83.3 cm³/mol. The molecule has 1 aromatic heterocycles. The number of thioether (sulfide) groups is 1. The van der Waals surface area contributed by atoms with Gasteiger partial charge in [-0.05, 0) is 36.4 Å². The van der Waals surface area contributed by atoms with Gasteiger partial charge in [-0.25, -0.2) is 13.8 Å². The topological polar surface area (TPSA) is 45.8 Å². The maximum atomic E-state index is 13.1. The van der Waals surface area contributed by atoms with E-state index in [4.69, 9.17) is 11.6 Å². The Morgan fingerprint density at radius 1 is 1.14 bits per heavy atom. The lowest BCUT2D eigenvalue weighted by Crippen LogP contribution is -2.11. The van der Waals surface area contributed by atoms with Crippen LogP contribution in [0.2, 0.25) is 5.02 Å². The zero-order chi connectivity index (χ0) is 15.7. The Bertz CT molecular complexity index is 914. The summed E-state index contributed by atoms with van der Waals surface area (Å²) >= 11 is 7.10. The van der Waals surface area contributed by atoms with E-state index in [1.807, 2.05) is 0 Å². The summed E-state index contributed by atoms with van der Waals surface area (Å²) in [5.41, 5.74) is 0.252. The molecule has 112 valence electrons. The number of benzene rings is 2. The van der Waals surface area contributed by atoms with Gasteiger partial charge in [0.2, 0.25) is 0 Å². The Balaban J connectivity index is 1.86. The first-order chi connectivity index (χ1) is 10.5. The van der Waals surface area contributed by atoms with Crippen molar-refractivity contribution in [3.63, 3.8) is 0 Å². The Morgan fingerprint density at radius 3 is 2.73 bits per heavy atom. The van der Waals surface area contributed by atoms with Crippen molar-refractivity contribution >= 4 is 34.3 Å². The van der Waals surface area contributed by atoms with Crippen LogP contribution >= 0.6 is 23.4 Å². The Morgan fingerprint density at radius 2 is 1.95 bits per heavy atom. The lowest BCUT2D eigenvalue weighted by molar-refractivity contribution is 0.506. The minimum atomic E-state index is -0.903. The second-order valence-corrected chi connectivity index (χ2v) is 6.02. The van der Waals surface area contributed by atoms with E-state index in [0.717, 1.165) is 12.1 Å². The second kappa shape index (κ2) is 6.06. The van der Waals surface area contributed by atoms with Crippen molar-refractivity contribution in [2.75, 3.05) is 0 Å². The number of aromatic nitrogens is 2. The van der Waals surface area contributed by atoms with E-state index in [1.54, 1.807) is 18.2 Å². The molecule has 1 heterocycles. The van der Waals surface area contributed by atoms with Crippen LogP contribution in [0.3, 0.4) is 0 Å². The fraction of sp³-hybridized carbons (Fsp3) is 0.0667. The lowest BCUT2D eigenvalue weighted by atomic mass is 10.2. The number of fused-ring (bicyclic) bond motifs is 1. The summed E-state index contributed by atoms with van der Waals surface area (Å²) in [5.74, 6) is -1.01. The number of nitrogens with one attached hydrogen (secondary N) is 1. The van der Waals surface area contributed by atoms with Crippen LogP contribution in [-0.2, 0) is 5.75 Å². The van der Waals surface area contributed by atoms with Crippen LogP contribution in [0.25, 0.3) is 10.9 Å². The monoisotopic (exact) mass is 338 g/mol. The molecule has 7 heteroatoms. The Kier molecular flexibility index (Phi) is 4.13. The van der Waals surface area contributed by atoms with Crippen molar-refractivity contribution in [2.24, 2.45) is 0 Å². The molecule has 0 saturated carbocycles. The number of rotatable bonds is 3. The van der Waals surface area contributed by atoms with Gasteiger partial charge in [0.1, 0.15) is 5.82 Å². The molecule has 0 fully saturated rings. The number of nitrogens with zero attached hydrogens (tertiary/aromatic N) is 1. The van der Waals surface area contributed by atoms with Crippen LogP contribution in [-0.4, -0.2) is 9.97 Å². The smallest absolute Gasteiger partial charge is 0.258 e. The number of hydrogen-bond donors (Lipinski definition) is 1. The molecule has 0 saturated heterocycles. The van der Waals surface area contributed by atoms with Gasteiger partial charge < -0.3 is 4.98 Å². The summed E-state index contributed by atoms with van der Waals surface area (Å²) < 4.78 is 26.0. The minimum Gasteiger partial charge on any atom is -0.309 e. The van der Waals surface area contributed by atoms with E-state index in [0.29, 0.717) is 32.4 Å². The first kappa shape index (κ1) is 15.0. The Labute approximate surface area is 133 Å². The van der Waals surface area contributed by atoms with Gasteiger partial charge in [0, 0.05) is 9.92 Å². The standard InChI is InChI=1S/C15H9ClF2N2OS/c16-8-1-4-13-10(5-8)15(21)20-14(19-13)7-22-9-2-3-11(17)12(18)6-9/h1-6H,7H2,(H,19,20,21). The average molecular weight is 339 g/mol. The minimum absolute atomic E-state index is 0.284. The third kappa shape index (κ3) is 3.13. The molecule has 3 aromatic rings. The summed E-state index contributed by atoms with van der Waals surface area (Å²) in [6.07, 6.45) is 0. The third-order valence-electron chi connectivity index (χ3n) is 2.98. The molecule has 0 aliphatic heterocycles. The van der Waals surface area contributed by atoms with Crippen LogP contribution in [0, 0.1) is 11.6 Å². The third-order valence-corrected chi connectivity index (χ3v) is 4.22. The highest BCUT2D eigenvalue weighted by atomic mass is 35.5. The van der Waals surface area contributed by atoms with Crippen LogP contribution in [0.5, 0.6) is 0 Å². The van der Waals surface area contributed by atoms with E-state index < -0.39 is 11.6 Å². The summed E-state index contributed by atoms with van der Waals surface area (Å²) in [6, 6.07) is 8.52. The van der Waals surface area contributed by atoms with Crippen molar-refractivity contribution in [2.45, 2.75) is 10.6 Å². The molecule has 1 N–H and O–H groups in total. The lowest BCUT2D eigenvalue weighted by Gasteiger charge is -2.04. The van der Waals surface area contributed by atoms with Gasteiger partial charge in [0.15, 0.2) is 11.6 Å². The molecule has 22 heavy (non-hydrogen) atoms. The highest BCUT2D eigenvalue weighted by Gasteiger charge is 2.07. The van der Waals surface area contributed by atoms with Gasteiger partial charge in [-0.15, -0.1) is 11.8 Å². The fourth-order valence-corrected chi connectivity index (χ4v) is 2.91. The zero-order valence-corrected chi connectivity index (χ0v) is 12.6.